The summed E-state index contributed by atoms with van der Waals surface area (Å²) in [5.74, 6) is 2.88. The van der Waals surface area contributed by atoms with Crippen molar-refractivity contribution in [3.63, 3.8) is 0 Å². The SMILES string of the molecule is CCNC(=NCC(C)c1ccc(C)cc1)NCCc1nc(C(C)C)no1.I. The molecule has 2 aromatic rings. The molecule has 7 heteroatoms. The van der Waals surface area contributed by atoms with Gasteiger partial charge in [0.15, 0.2) is 11.8 Å². The van der Waals surface area contributed by atoms with Gasteiger partial charge in [-0.15, -0.1) is 24.0 Å². The predicted molar refractivity (Wildman–Crippen MR) is 121 cm³/mol. The fraction of sp³-hybridized carbons (Fsp3) is 0.550. The standard InChI is InChI=1S/C20H31N5O.HI/c1-6-21-20(22-12-11-18-24-19(14(2)3)25-26-18)23-13-16(5)17-9-7-15(4)8-10-17;/h7-10,14,16H,6,11-13H2,1-5H3,(H2,21,22,23);1H. The molecule has 0 spiro atoms. The van der Waals surface area contributed by atoms with Crippen LogP contribution in [0.3, 0.4) is 0 Å². The van der Waals surface area contributed by atoms with Crippen molar-refractivity contribution < 1.29 is 4.52 Å². The molecule has 0 amide bonds. The van der Waals surface area contributed by atoms with Crippen LogP contribution < -0.4 is 10.6 Å². The Labute approximate surface area is 179 Å². The van der Waals surface area contributed by atoms with Crippen LogP contribution in [0, 0.1) is 6.92 Å². The Kier molecular flexibility index (Phi) is 10.4. The first kappa shape index (κ1) is 23.4. The fourth-order valence-corrected chi connectivity index (χ4v) is 2.46. The van der Waals surface area contributed by atoms with Gasteiger partial charge in [-0.1, -0.05) is 55.8 Å². The zero-order valence-electron chi connectivity index (χ0n) is 17.0. The molecular weight excluding hydrogens is 453 g/mol. The third kappa shape index (κ3) is 7.86. The number of benzene rings is 1. The quantitative estimate of drug-likeness (QED) is 0.336. The summed E-state index contributed by atoms with van der Waals surface area (Å²) in [6, 6.07) is 8.65. The molecule has 1 unspecified atom stereocenters. The lowest BCUT2D eigenvalue weighted by atomic mass is 10.0. The minimum Gasteiger partial charge on any atom is -0.357 e. The van der Waals surface area contributed by atoms with Gasteiger partial charge in [-0.25, -0.2) is 0 Å². The molecule has 2 N–H and O–H groups in total. The summed E-state index contributed by atoms with van der Waals surface area (Å²) in [6.07, 6.45) is 0.678. The topological polar surface area (TPSA) is 75.3 Å². The molecule has 2 rings (SSSR count). The predicted octanol–water partition coefficient (Wildman–Crippen LogP) is 4.02. The molecular formula is C20H32IN5O. The van der Waals surface area contributed by atoms with Crippen molar-refractivity contribution in [3.05, 3.63) is 47.1 Å². The van der Waals surface area contributed by atoms with Crippen LogP contribution in [-0.4, -0.2) is 35.7 Å². The molecule has 27 heavy (non-hydrogen) atoms. The summed E-state index contributed by atoms with van der Waals surface area (Å²) in [6.45, 7) is 12.7. The van der Waals surface area contributed by atoms with Crippen LogP contribution in [0.25, 0.3) is 0 Å². The lowest BCUT2D eigenvalue weighted by Gasteiger charge is -2.13. The van der Waals surface area contributed by atoms with Crippen LogP contribution in [-0.2, 0) is 6.42 Å². The van der Waals surface area contributed by atoms with Gasteiger partial charge >= 0.3 is 0 Å². The Morgan fingerprint density at radius 1 is 1.15 bits per heavy atom. The Morgan fingerprint density at radius 2 is 1.85 bits per heavy atom. The van der Waals surface area contributed by atoms with E-state index in [1.165, 1.54) is 11.1 Å². The molecule has 0 aliphatic rings. The van der Waals surface area contributed by atoms with Crippen molar-refractivity contribution >= 4 is 29.9 Å². The highest BCUT2D eigenvalue weighted by Crippen LogP contribution is 2.16. The van der Waals surface area contributed by atoms with Crippen LogP contribution in [0.4, 0.5) is 0 Å². The van der Waals surface area contributed by atoms with Crippen molar-refractivity contribution in [3.8, 4) is 0 Å². The molecule has 150 valence electrons. The van der Waals surface area contributed by atoms with Crippen LogP contribution in [0.5, 0.6) is 0 Å². The van der Waals surface area contributed by atoms with E-state index in [0.717, 1.165) is 24.9 Å². The highest BCUT2D eigenvalue weighted by Gasteiger charge is 2.10. The third-order valence-electron chi connectivity index (χ3n) is 4.15. The zero-order chi connectivity index (χ0) is 18.9. The van der Waals surface area contributed by atoms with E-state index in [1.54, 1.807) is 0 Å². The second-order valence-electron chi connectivity index (χ2n) is 6.91. The van der Waals surface area contributed by atoms with Crippen molar-refractivity contribution in [2.75, 3.05) is 19.6 Å². The highest BCUT2D eigenvalue weighted by molar-refractivity contribution is 14.0. The Bertz CT molecular complexity index is 697. The Balaban J connectivity index is 0.00000364. The van der Waals surface area contributed by atoms with Gasteiger partial charge in [0.05, 0.1) is 0 Å². The van der Waals surface area contributed by atoms with Gasteiger partial charge in [0, 0.05) is 37.9 Å². The van der Waals surface area contributed by atoms with Gasteiger partial charge in [0.2, 0.25) is 5.89 Å². The third-order valence-corrected chi connectivity index (χ3v) is 4.15. The molecule has 0 fully saturated rings. The molecule has 1 aromatic heterocycles. The summed E-state index contributed by atoms with van der Waals surface area (Å²) < 4.78 is 5.27. The number of aromatic nitrogens is 2. The Hall–Kier alpha value is -1.64. The van der Waals surface area contributed by atoms with Gasteiger partial charge in [-0.05, 0) is 19.4 Å². The summed E-state index contributed by atoms with van der Waals surface area (Å²) >= 11 is 0. The Morgan fingerprint density at radius 3 is 2.44 bits per heavy atom. The maximum absolute atomic E-state index is 5.27. The van der Waals surface area contributed by atoms with Gasteiger partial charge in [-0.2, -0.15) is 4.98 Å². The first-order valence-corrected chi connectivity index (χ1v) is 9.40. The number of halogens is 1. The molecule has 0 bridgehead atoms. The first-order valence-electron chi connectivity index (χ1n) is 9.40. The minimum absolute atomic E-state index is 0. The van der Waals surface area contributed by atoms with E-state index in [0.29, 0.717) is 24.8 Å². The van der Waals surface area contributed by atoms with E-state index >= 15 is 0 Å². The van der Waals surface area contributed by atoms with Gasteiger partial charge in [0.1, 0.15) is 0 Å². The number of hydrogen-bond acceptors (Lipinski definition) is 4. The van der Waals surface area contributed by atoms with Crippen LogP contribution in [0.15, 0.2) is 33.8 Å². The van der Waals surface area contributed by atoms with E-state index in [9.17, 15) is 0 Å². The fourth-order valence-electron chi connectivity index (χ4n) is 2.46. The van der Waals surface area contributed by atoms with E-state index in [4.69, 9.17) is 9.52 Å². The van der Waals surface area contributed by atoms with Crippen LogP contribution >= 0.6 is 24.0 Å². The largest absolute Gasteiger partial charge is 0.357 e. The number of guanidine groups is 1. The summed E-state index contributed by atoms with van der Waals surface area (Å²) in [5, 5.41) is 10.6. The van der Waals surface area contributed by atoms with Gasteiger partial charge < -0.3 is 15.2 Å². The maximum Gasteiger partial charge on any atom is 0.228 e. The van der Waals surface area contributed by atoms with Crippen molar-refractivity contribution in [2.24, 2.45) is 4.99 Å². The van der Waals surface area contributed by atoms with Gasteiger partial charge in [-0.3, -0.25) is 4.99 Å². The summed E-state index contributed by atoms with van der Waals surface area (Å²) in [5.41, 5.74) is 2.59. The number of hydrogen-bond donors (Lipinski definition) is 2. The van der Waals surface area contributed by atoms with Crippen LogP contribution in [0.1, 0.15) is 62.4 Å². The molecule has 1 aromatic carbocycles. The minimum atomic E-state index is 0. The smallest absolute Gasteiger partial charge is 0.228 e. The van der Waals surface area contributed by atoms with Crippen molar-refractivity contribution in [1.82, 2.24) is 20.8 Å². The van der Waals surface area contributed by atoms with E-state index in [-0.39, 0.29) is 29.9 Å². The normalized spacial score (nSPS) is 12.6. The van der Waals surface area contributed by atoms with E-state index < -0.39 is 0 Å². The van der Waals surface area contributed by atoms with Crippen LogP contribution in [0.2, 0.25) is 0 Å². The average Bonchev–Trinajstić information content (AvgIpc) is 3.09. The first-order chi connectivity index (χ1) is 12.5. The molecule has 0 aliphatic carbocycles. The summed E-state index contributed by atoms with van der Waals surface area (Å²) in [4.78, 5) is 9.10. The van der Waals surface area contributed by atoms with E-state index in [2.05, 4.69) is 79.7 Å². The molecule has 1 heterocycles. The second kappa shape index (κ2) is 11.9. The lowest BCUT2D eigenvalue weighted by molar-refractivity contribution is 0.371. The molecule has 1 atom stereocenters. The number of rotatable bonds is 8. The zero-order valence-corrected chi connectivity index (χ0v) is 19.3. The number of aryl methyl sites for hydroxylation is 1. The lowest BCUT2D eigenvalue weighted by Crippen LogP contribution is -2.38. The van der Waals surface area contributed by atoms with Gasteiger partial charge in [0.25, 0.3) is 0 Å². The average molecular weight is 485 g/mol. The monoisotopic (exact) mass is 485 g/mol. The van der Waals surface area contributed by atoms with E-state index in [1.807, 2.05) is 0 Å². The molecule has 0 aliphatic heterocycles. The molecule has 0 saturated heterocycles. The molecule has 0 saturated carbocycles. The second-order valence-corrected chi connectivity index (χ2v) is 6.91. The molecule has 0 radical (unpaired) electrons. The number of nitrogens with one attached hydrogen (secondary N) is 2. The number of aliphatic imine (C=N–C) groups is 1. The molecule has 6 nitrogen and oxygen atoms in total. The van der Waals surface area contributed by atoms with Crippen molar-refractivity contribution in [1.29, 1.82) is 0 Å². The van der Waals surface area contributed by atoms with Crippen molar-refractivity contribution in [2.45, 2.75) is 52.9 Å². The highest BCUT2D eigenvalue weighted by atomic mass is 127. The number of nitrogens with zero attached hydrogens (tertiary/aromatic N) is 3. The maximum atomic E-state index is 5.27. The summed E-state index contributed by atoms with van der Waals surface area (Å²) in [7, 11) is 0.